The molecule has 1 aliphatic rings. The summed E-state index contributed by atoms with van der Waals surface area (Å²) >= 11 is 0. The van der Waals surface area contributed by atoms with Crippen LogP contribution in [0.2, 0.25) is 0 Å². The van der Waals surface area contributed by atoms with E-state index in [4.69, 9.17) is 4.63 Å². The average Bonchev–Trinajstić information content (AvgIpc) is 3.11. The Morgan fingerprint density at radius 1 is 1.25 bits per heavy atom. The maximum Gasteiger partial charge on any atom is 0.300 e. The van der Waals surface area contributed by atoms with E-state index in [1.54, 1.807) is 24.5 Å². The summed E-state index contributed by atoms with van der Waals surface area (Å²) in [7, 11) is 0. The van der Waals surface area contributed by atoms with E-state index in [2.05, 4.69) is 30.5 Å². The Bertz CT molecular complexity index is 882. The molecule has 0 aliphatic carbocycles. The van der Waals surface area contributed by atoms with Crippen LogP contribution in [0.4, 0.5) is 11.4 Å². The number of non-ortho nitro benzene ring substituents is 1. The lowest BCUT2D eigenvalue weighted by molar-refractivity contribution is -0.383. The zero-order valence-corrected chi connectivity index (χ0v) is 12.5. The molecular formula is C14H13N7O3. The van der Waals surface area contributed by atoms with E-state index >= 15 is 0 Å². The molecule has 3 heterocycles. The number of aromatic nitrogens is 4. The van der Waals surface area contributed by atoms with Gasteiger partial charge in [0, 0.05) is 38.1 Å². The first-order chi connectivity index (χ1) is 11.7. The Hall–Kier alpha value is -3.14. The standard InChI is InChI=1S/C14H13N7O3/c22-21(23)11-3-2-10(12-13(11)19-24-18-12)20-7-6-15-9(8-20)14-16-4-1-5-17-14/h1-5,9,15H,6-8H2. The van der Waals surface area contributed by atoms with Crippen molar-refractivity contribution in [2.45, 2.75) is 6.04 Å². The van der Waals surface area contributed by atoms with Gasteiger partial charge in [-0.1, -0.05) is 0 Å². The first-order valence-electron chi connectivity index (χ1n) is 7.39. The van der Waals surface area contributed by atoms with E-state index in [-0.39, 0.29) is 17.2 Å². The van der Waals surface area contributed by atoms with Crippen LogP contribution in [0.15, 0.2) is 35.2 Å². The molecule has 0 amide bonds. The van der Waals surface area contributed by atoms with E-state index in [0.29, 0.717) is 17.9 Å². The fourth-order valence-corrected chi connectivity index (χ4v) is 2.88. The van der Waals surface area contributed by atoms with Gasteiger partial charge in [-0.05, 0) is 22.4 Å². The van der Waals surface area contributed by atoms with Gasteiger partial charge in [0.1, 0.15) is 5.82 Å². The number of hydrogen-bond donors (Lipinski definition) is 1. The number of benzene rings is 1. The first-order valence-corrected chi connectivity index (χ1v) is 7.39. The summed E-state index contributed by atoms with van der Waals surface area (Å²) in [4.78, 5) is 21.2. The van der Waals surface area contributed by atoms with Gasteiger partial charge < -0.3 is 10.2 Å². The van der Waals surface area contributed by atoms with Crippen LogP contribution in [0.1, 0.15) is 11.9 Å². The first kappa shape index (κ1) is 14.5. The highest BCUT2D eigenvalue weighted by atomic mass is 16.6. The van der Waals surface area contributed by atoms with Gasteiger partial charge in [-0.15, -0.1) is 0 Å². The van der Waals surface area contributed by atoms with Crippen molar-refractivity contribution in [1.29, 1.82) is 0 Å². The second-order valence-corrected chi connectivity index (χ2v) is 5.38. The van der Waals surface area contributed by atoms with Crippen molar-refractivity contribution in [2.24, 2.45) is 0 Å². The molecule has 10 heteroatoms. The van der Waals surface area contributed by atoms with Crippen LogP contribution >= 0.6 is 0 Å². The highest BCUT2D eigenvalue weighted by Gasteiger charge is 2.27. The molecule has 0 bridgehead atoms. The lowest BCUT2D eigenvalue weighted by Crippen LogP contribution is -2.46. The number of rotatable bonds is 3. The third kappa shape index (κ3) is 2.42. The minimum absolute atomic E-state index is 0.0370. The molecule has 1 fully saturated rings. The maximum atomic E-state index is 11.1. The highest BCUT2D eigenvalue weighted by molar-refractivity contribution is 5.93. The second kappa shape index (κ2) is 5.81. The Kier molecular flexibility index (Phi) is 3.50. The summed E-state index contributed by atoms with van der Waals surface area (Å²) in [6.07, 6.45) is 3.41. The molecule has 1 aliphatic heterocycles. The molecule has 4 rings (SSSR count). The summed E-state index contributed by atoms with van der Waals surface area (Å²) in [5, 5.41) is 22.0. The Morgan fingerprint density at radius 3 is 2.83 bits per heavy atom. The van der Waals surface area contributed by atoms with E-state index in [1.165, 1.54) is 6.07 Å². The van der Waals surface area contributed by atoms with Gasteiger partial charge in [-0.2, -0.15) is 0 Å². The number of nitrogens with one attached hydrogen (secondary N) is 1. The number of piperazine rings is 1. The molecule has 1 unspecified atom stereocenters. The van der Waals surface area contributed by atoms with Crippen LogP contribution in [0.25, 0.3) is 11.0 Å². The summed E-state index contributed by atoms with van der Waals surface area (Å²) in [6.45, 7) is 2.07. The Labute approximate surface area is 135 Å². The van der Waals surface area contributed by atoms with Crippen molar-refractivity contribution >= 4 is 22.4 Å². The molecule has 2 aromatic heterocycles. The van der Waals surface area contributed by atoms with Gasteiger partial charge in [-0.3, -0.25) is 10.1 Å². The molecule has 1 aromatic carbocycles. The number of hydrogen-bond acceptors (Lipinski definition) is 9. The summed E-state index contributed by atoms with van der Waals surface area (Å²) in [6, 6.07) is 4.84. The second-order valence-electron chi connectivity index (χ2n) is 5.38. The van der Waals surface area contributed by atoms with Crippen LogP contribution in [0, 0.1) is 10.1 Å². The quantitative estimate of drug-likeness (QED) is 0.555. The van der Waals surface area contributed by atoms with Crippen LogP contribution in [0.3, 0.4) is 0 Å². The molecule has 1 N–H and O–H groups in total. The van der Waals surface area contributed by atoms with Crippen molar-refractivity contribution in [1.82, 2.24) is 25.6 Å². The minimum atomic E-state index is -0.491. The number of anilines is 1. The monoisotopic (exact) mass is 327 g/mol. The Balaban J connectivity index is 1.69. The third-order valence-corrected chi connectivity index (χ3v) is 3.98. The molecule has 24 heavy (non-hydrogen) atoms. The zero-order valence-electron chi connectivity index (χ0n) is 12.5. The van der Waals surface area contributed by atoms with Crippen LogP contribution in [0.5, 0.6) is 0 Å². The van der Waals surface area contributed by atoms with Crippen molar-refractivity contribution in [3.8, 4) is 0 Å². The van der Waals surface area contributed by atoms with Crippen molar-refractivity contribution in [3.05, 3.63) is 46.5 Å². The minimum Gasteiger partial charge on any atom is -0.366 e. The molecular weight excluding hydrogens is 314 g/mol. The Morgan fingerprint density at radius 2 is 2.04 bits per heavy atom. The number of nitrogens with zero attached hydrogens (tertiary/aromatic N) is 6. The molecule has 10 nitrogen and oxygen atoms in total. The third-order valence-electron chi connectivity index (χ3n) is 3.98. The zero-order chi connectivity index (χ0) is 16.5. The summed E-state index contributed by atoms with van der Waals surface area (Å²) in [5.41, 5.74) is 1.18. The fraction of sp³-hybridized carbons (Fsp3) is 0.286. The van der Waals surface area contributed by atoms with E-state index in [9.17, 15) is 10.1 Å². The number of nitro groups is 1. The highest BCUT2D eigenvalue weighted by Crippen LogP contribution is 2.32. The molecule has 0 radical (unpaired) electrons. The normalized spacial score (nSPS) is 18.0. The van der Waals surface area contributed by atoms with Gasteiger partial charge in [0.05, 0.1) is 16.7 Å². The van der Waals surface area contributed by atoms with E-state index < -0.39 is 4.92 Å². The molecule has 1 saturated heterocycles. The van der Waals surface area contributed by atoms with Gasteiger partial charge >= 0.3 is 5.69 Å². The van der Waals surface area contributed by atoms with Crippen molar-refractivity contribution in [2.75, 3.05) is 24.5 Å². The van der Waals surface area contributed by atoms with Gasteiger partial charge in [-0.25, -0.2) is 14.6 Å². The predicted octanol–water partition coefficient (Wildman–Crippen LogP) is 1.07. The molecule has 1 atom stereocenters. The SMILES string of the molecule is O=[N+]([O-])c1ccc(N2CCNC(c3ncccn3)C2)c2nonc12. The molecule has 0 spiro atoms. The van der Waals surface area contributed by atoms with Crippen LogP contribution < -0.4 is 10.2 Å². The van der Waals surface area contributed by atoms with Gasteiger partial charge in [0.15, 0.2) is 5.52 Å². The van der Waals surface area contributed by atoms with Gasteiger partial charge in [0.25, 0.3) is 0 Å². The summed E-state index contributed by atoms with van der Waals surface area (Å²) in [5.74, 6) is 0.707. The average molecular weight is 327 g/mol. The fourth-order valence-electron chi connectivity index (χ4n) is 2.88. The molecule has 3 aromatic rings. The predicted molar refractivity (Wildman–Crippen MR) is 83.4 cm³/mol. The van der Waals surface area contributed by atoms with Crippen LogP contribution in [-0.2, 0) is 0 Å². The van der Waals surface area contributed by atoms with E-state index in [0.717, 1.165) is 18.8 Å². The molecule has 0 saturated carbocycles. The lowest BCUT2D eigenvalue weighted by atomic mass is 10.1. The van der Waals surface area contributed by atoms with Crippen molar-refractivity contribution in [3.63, 3.8) is 0 Å². The summed E-state index contributed by atoms with van der Waals surface area (Å²) < 4.78 is 4.73. The number of nitro benzene ring substituents is 1. The smallest absolute Gasteiger partial charge is 0.300 e. The van der Waals surface area contributed by atoms with Crippen LogP contribution in [-0.4, -0.2) is 44.8 Å². The van der Waals surface area contributed by atoms with Gasteiger partial charge in [0.2, 0.25) is 5.52 Å². The topological polar surface area (TPSA) is 123 Å². The van der Waals surface area contributed by atoms with Crippen molar-refractivity contribution < 1.29 is 9.55 Å². The largest absolute Gasteiger partial charge is 0.366 e. The van der Waals surface area contributed by atoms with E-state index in [1.807, 2.05) is 0 Å². The maximum absolute atomic E-state index is 11.1. The lowest BCUT2D eigenvalue weighted by Gasteiger charge is -2.34. The molecule has 122 valence electrons. The number of fused-ring (bicyclic) bond motifs is 1.